The number of carboxylic acids is 1. The van der Waals surface area contributed by atoms with Crippen LogP contribution in [-0.2, 0) is 16.0 Å². The van der Waals surface area contributed by atoms with Gasteiger partial charge < -0.3 is 15.5 Å². The highest BCUT2D eigenvalue weighted by Gasteiger charge is 2.17. The normalized spacial score (nSPS) is 12.1. The van der Waals surface area contributed by atoms with Gasteiger partial charge in [-0.1, -0.05) is 23.9 Å². The van der Waals surface area contributed by atoms with Crippen LogP contribution in [-0.4, -0.2) is 40.1 Å². The van der Waals surface area contributed by atoms with Gasteiger partial charge in [-0.05, 0) is 31.2 Å². The van der Waals surface area contributed by atoms with Crippen LogP contribution in [0.15, 0.2) is 24.3 Å². The lowest BCUT2D eigenvalue weighted by Gasteiger charge is -2.14. The molecule has 3 N–H and O–H groups in total. The second-order valence-electron chi connectivity index (χ2n) is 4.02. The Labute approximate surface area is 116 Å². The molecule has 0 radical (unpaired) electrons. The van der Waals surface area contributed by atoms with Gasteiger partial charge in [0.2, 0.25) is 5.12 Å². The largest absolute Gasteiger partial charge is 0.508 e. The lowest BCUT2D eigenvalue weighted by atomic mass is 10.1. The number of nitrogens with one attached hydrogen (secondary N) is 1. The predicted octanol–water partition coefficient (Wildman–Crippen LogP) is 1.26. The van der Waals surface area contributed by atoms with Crippen molar-refractivity contribution >= 4 is 22.8 Å². The van der Waals surface area contributed by atoms with Crippen LogP contribution < -0.4 is 5.32 Å². The number of aromatic hydroxyl groups is 1. The van der Waals surface area contributed by atoms with Gasteiger partial charge in [-0.25, -0.2) is 0 Å². The Morgan fingerprint density at radius 3 is 2.47 bits per heavy atom. The Kier molecular flexibility index (Phi) is 6.38. The van der Waals surface area contributed by atoms with Gasteiger partial charge in [0, 0.05) is 5.75 Å². The van der Waals surface area contributed by atoms with Crippen molar-refractivity contribution in [3.8, 4) is 5.75 Å². The fraction of sp³-hybridized carbons (Fsp3) is 0.385. The standard InChI is InChI=1S/C13H17NO4S/c1-14-11(13(18)19-7-6-12(16)17)8-9-2-4-10(15)5-3-9/h2-5,11,14-15H,6-8H2,1H3,(H,16,17)/t11-/m0/s1. The number of aliphatic carboxylic acids is 1. The summed E-state index contributed by atoms with van der Waals surface area (Å²) in [5.41, 5.74) is 0.935. The Balaban J connectivity index is 2.50. The Morgan fingerprint density at radius 1 is 1.32 bits per heavy atom. The van der Waals surface area contributed by atoms with Gasteiger partial charge in [0.05, 0.1) is 12.5 Å². The molecule has 1 atom stereocenters. The molecule has 0 unspecified atom stereocenters. The third kappa shape index (κ3) is 5.76. The first kappa shape index (κ1) is 15.5. The number of thioether (sulfide) groups is 1. The Bertz CT molecular complexity index is 433. The van der Waals surface area contributed by atoms with Crippen LogP contribution in [0.3, 0.4) is 0 Å². The minimum absolute atomic E-state index is 0.0218. The van der Waals surface area contributed by atoms with Crippen molar-refractivity contribution in [2.75, 3.05) is 12.8 Å². The first-order valence-electron chi connectivity index (χ1n) is 5.86. The quantitative estimate of drug-likeness (QED) is 0.698. The molecule has 0 amide bonds. The molecule has 104 valence electrons. The minimum Gasteiger partial charge on any atom is -0.508 e. The van der Waals surface area contributed by atoms with Gasteiger partial charge in [-0.3, -0.25) is 9.59 Å². The van der Waals surface area contributed by atoms with E-state index in [9.17, 15) is 14.7 Å². The maximum absolute atomic E-state index is 11.9. The van der Waals surface area contributed by atoms with E-state index < -0.39 is 5.97 Å². The Hall–Kier alpha value is -1.53. The van der Waals surface area contributed by atoms with Gasteiger partial charge >= 0.3 is 5.97 Å². The molecule has 0 saturated carbocycles. The summed E-state index contributed by atoms with van der Waals surface area (Å²) in [6.07, 6.45) is 0.488. The fourth-order valence-corrected chi connectivity index (χ4v) is 2.39. The molecule has 1 aromatic rings. The van der Waals surface area contributed by atoms with Crippen LogP contribution >= 0.6 is 11.8 Å². The maximum atomic E-state index is 11.9. The molecule has 0 fully saturated rings. The number of likely N-dealkylation sites (N-methyl/N-ethyl adjacent to an activating group) is 1. The van der Waals surface area contributed by atoms with Crippen molar-refractivity contribution in [2.24, 2.45) is 0 Å². The van der Waals surface area contributed by atoms with Crippen molar-refractivity contribution in [1.82, 2.24) is 5.32 Å². The number of rotatable bonds is 7. The van der Waals surface area contributed by atoms with Crippen molar-refractivity contribution < 1.29 is 19.8 Å². The van der Waals surface area contributed by atoms with E-state index >= 15 is 0 Å². The molecule has 0 bridgehead atoms. The van der Waals surface area contributed by atoms with E-state index in [4.69, 9.17) is 5.11 Å². The molecular formula is C13H17NO4S. The topological polar surface area (TPSA) is 86.6 Å². The molecule has 0 aliphatic carbocycles. The van der Waals surface area contributed by atoms with Crippen LogP contribution in [0.25, 0.3) is 0 Å². The van der Waals surface area contributed by atoms with E-state index in [-0.39, 0.29) is 29.1 Å². The predicted molar refractivity (Wildman–Crippen MR) is 74.4 cm³/mol. The first-order chi connectivity index (χ1) is 9.02. The monoisotopic (exact) mass is 283 g/mol. The SMILES string of the molecule is CN[C@@H](Cc1ccc(O)cc1)C(=O)SCCC(=O)O. The van der Waals surface area contributed by atoms with Crippen LogP contribution in [0, 0.1) is 0 Å². The zero-order chi connectivity index (χ0) is 14.3. The number of phenolic OH excluding ortho intramolecular Hbond substituents is 1. The first-order valence-corrected chi connectivity index (χ1v) is 6.85. The highest BCUT2D eigenvalue weighted by Crippen LogP contribution is 2.14. The van der Waals surface area contributed by atoms with E-state index in [0.717, 1.165) is 17.3 Å². The molecule has 0 saturated heterocycles. The van der Waals surface area contributed by atoms with Crippen molar-refractivity contribution in [3.63, 3.8) is 0 Å². The average molecular weight is 283 g/mol. The lowest BCUT2D eigenvalue weighted by molar-refractivity contribution is -0.136. The molecule has 19 heavy (non-hydrogen) atoms. The summed E-state index contributed by atoms with van der Waals surface area (Å²) in [6.45, 7) is 0. The second-order valence-corrected chi connectivity index (χ2v) is 5.12. The average Bonchev–Trinajstić information content (AvgIpc) is 2.37. The number of hydrogen-bond donors (Lipinski definition) is 3. The molecule has 0 heterocycles. The Morgan fingerprint density at radius 2 is 1.95 bits per heavy atom. The number of hydrogen-bond acceptors (Lipinski definition) is 5. The highest BCUT2D eigenvalue weighted by molar-refractivity contribution is 8.13. The zero-order valence-corrected chi connectivity index (χ0v) is 11.4. The summed E-state index contributed by atoms with van der Waals surface area (Å²) in [7, 11) is 1.70. The molecule has 1 aromatic carbocycles. The van der Waals surface area contributed by atoms with E-state index in [1.165, 1.54) is 0 Å². The maximum Gasteiger partial charge on any atom is 0.304 e. The van der Waals surface area contributed by atoms with Crippen molar-refractivity contribution in [1.29, 1.82) is 0 Å². The molecule has 6 heteroatoms. The van der Waals surface area contributed by atoms with Crippen LogP contribution in [0.2, 0.25) is 0 Å². The van der Waals surface area contributed by atoms with Gasteiger partial charge in [0.1, 0.15) is 5.75 Å². The van der Waals surface area contributed by atoms with Crippen LogP contribution in [0.1, 0.15) is 12.0 Å². The molecule has 5 nitrogen and oxygen atoms in total. The molecule has 1 rings (SSSR count). The van der Waals surface area contributed by atoms with Crippen LogP contribution in [0.5, 0.6) is 5.75 Å². The molecule has 0 aliphatic rings. The van der Waals surface area contributed by atoms with Gasteiger partial charge in [-0.2, -0.15) is 0 Å². The smallest absolute Gasteiger partial charge is 0.304 e. The molecule has 0 spiro atoms. The minimum atomic E-state index is -0.903. The fourth-order valence-electron chi connectivity index (χ4n) is 1.51. The van der Waals surface area contributed by atoms with E-state index in [1.807, 2.05) is 0 Å². The van der Waals surface area contributed by atoms with Crippen molar-refractivity contribution in [3.05, 3.63) is 29.8 Å². The van der Waals surface area contributed by atoms with Gasteiger partial charge in [-0.15, -0.1) is 0 Å². The van der Waals surface area contributed by atoms with E-state index in [0.29, 0.717) is 6.42 Å². The van der Waals surface area contributed by atoms with E-state index in [2.05, 4.69) is 5.32 Å². The zero-order valence-electron chi connectivity index (χ0n) is 10.6. The summed E-state index contributed by atoms with van der Waals surface area (Å²) in [5.74, 6) is -0.436. The number of benzene rings is 1. The van der Waals surface area contributed by atoms with Crippen molar-refractivity contribution in [2.45, 2.75) is 18.9 Å². The van der Waals surface area contributed by atoms with Gasteiger partial charge in [0.25, 0.3) is 0 Å². The van der Waals surface area contributed by atoms with Crippen LogP contribution in [0.4, 0.5) is 0 Å². The third-order valence-corrected chi connectivity index (χ3v) is 3.55. The highest BCUT2D eigenvalue weighted by atomic mass is 32.2. The van der Waals surface area contributed by atoms with Gasteiger partial charge in [0.15, 0.2) is 0 Å². The second kappa shape index (κ2) is 7.81. The number of carboxylic acid groups (broad SMARTS) is 1. The molecular weight excluding hydrogens is 266 g/mol. The molecule has 0 aromatic heterocycles. The summed E-state index contributed by atoms with van der Waals surface area (Å²) >= 11 is 1.03. The van der Waals surface area contributed by atoms with E-state index in [1.54, 1.807) is 31.3 Å². The summed E-state index contributed by atoms with van der Waals surface area (Å²) < 4.78 is 0. The lowest BCUT2D eigenvalue weighted by Crippen LogP contribution is -2.34. The summed E-state index contributed by atoms with van der Waals surface area (Å²) in [6, 6.07) is 6.31. The number of carbonyl (C=O) groups excluding carboxylic acids is 1. The number of carbonyl (C=O) groups is 2. The molecule has 0 aliphatic heterocycles. The third-order valence-electron chi connectivity index (χ3n) is 2.57. The number of phenols is 1. The summed E-state index contributed by atoms with van der Waals surface area (Å²) in [5, 5.41) is 20.6. The summed E-state index contributed by atoms with van der Waals surface area (Å²) in [4.78, 5) is 22.3.